The molecule has 4 N–H and O–H groups in total. The Morgan fingerprint density at radius 3 is 2.02 bits per heavy atom. The molecule has 50 heavy (non-hydrogen) atoms. The molecule has 1 aromatic carbocycles. The Hall–Kier alpha value is -2.94. The average molecular weight is 719 g/mol. The maximum atomic E-state index is 15.5. The second kappa shape index (κ2) is 14.2. The van der Waals surface area contributed by atoms with Gasteiger partial charge in [0, 0.05) is 38.0 Å². The number of aliphatic hydroxyl groups is 4. The Labute approximate surface area is 295 Å². The highest BCUT2D eigenvalue weighted by atomic mass is 28.4. The summed E-state index contributed by atoms with van der Waals surface area (Å²) in [6, 6.07) is 9.93. The topological polar surface area (TPSA) is 186 Å². The fourth-order valence-corrected chi connectivity index (χ4v) is 11.8. The van der Waals surface area contributed by atoms with Crippen molar-refractivity contribution in [3.63, 3.8) is 0 Å². The predicted octanol–water partition coefficient (Wildman–Crippen LogP) is 3.64. The third kappa shape index (κ3) is 6.38. The van der Waals surface area contributed by atoms with Gasteiger partial charge in [-0.1, -0.05) is 52.8 Å². The van der Waals surface area contributed by atoms with Crippen molar-refractivity contribution >= 4 is 32.0 Å². The lowest BCUT2D eigenvalue weighted by atomic mass is 9.45. The molecule has 0 spiro atoms. The molecular formula is C37H54O12Si. The average Bonchev–Trinajstić information content (AvgIpc) is 3.06. The number of aliphatic hydroxyl groups excluding tert-OH is 2. The van der Waals surface area contributed by atoms with Crippen LogP contribution < -0.4 is 0 Å². The number of fused-ring (bicyclic) bond motifs is 3. The fourth-order valence-electron chi connectivity index (χ4n) is 8.85. The standard InChI is InChI=1S/C37H54O12Si/c1-10-50(11-2,12-3)49-27-18-26(41)36(44,20-46-22(5)38)30-32(48-33(43)24-16-14-13-15-17-24)37(45)19-25(40)21(4)28(34(37,7)8)29(47-23(6)39)31(42)35(27,30)9/h13-17,25-27,29-30,32,40-41,44-45H,10-12,18-20H2,1-9H3/t25-,26-,27-,29+,30-,32-,35+,36-,37+/m0/s1. The highest BCUT2D eigenvalue weighted by molar-refractivity contribution is 6.73. The summed E-state index contributed by atoms with van der Waals surface area (Å²) in [5.41, 5.74) is -7.74. The molecule has 9 atom stereocenters. The van der Waals surface area contributed by atoms with E-state index in [-0.39, 0.29) is 17.6 Å². The lowest BCUT2D eigenvalue weighted by Crippen LogP contribution is -2.78. The first kappa shape index (κ1) is 39.8. The van der Waals surface area contributed by atoms with Gasteiger partial charge in [0.05, 0.1) is 29.3 Å². The zero-order valence-electron chi connectivity index (χ0n) is 30.6. The van der Waals surface area contributed by atoms with Crippen LogP contribution in [-0.4, -0.2) is 101 Å². The van der Waals surface area contributed by atoms with Crippen molar-refractivity contribution in [1.29, 1.82) is 0 Å². The molecule has 0 amide bonds. The molecule has 12 nitrogen and oxygen atoms in total. The lowest BCUT2D eigenvalue weighted by Gasteiger charge is -2.65. The molecule has 1 aromatic rings. The number of hydrogen-bond donors (Lipinski definition) is 4. The number of ether oxygens (including phenoxy) is 3. The Morgan fingerprint density at radius 2 is 1.50 bits per heavy atom. The summed E-state index contributed by atoms with van der Waals surface area (Å²) >= 11 is 0. The third-order valence-electron chi connectivity index (χ3n) is 12.2. The van der Waals surface area contributed by atoms with Crippen molar-refractivity contribution in [2.45, 2.75) is 135 Å². The minimum Gasteiger partial charge on any atom is -0.463 e. The zero-order valence-corrected chi connectivity index (χ0v) is 31.6. The van der Waals surface area contributed by atoms with Crippen LogP contribution in [0.2, 0.25) is 18.1 Å². The molecule has 3 aliphatic carbocycles. The Kier molecular flexibility index (Phi) is 11.3. The van der Waals surface area contributed by atoms with E-state index in [1.807, 2.05) is 20.8 Å². The summed E-state index contributed by atoms with van der Waals surface area (Å²) in [6.45, 7) is 13.7. The van der Waals surface area contributed by atoms with Gasteiger partial charge < -0.3 is 39.1 Å². The minimum atomic E-state index is -2.62. The van der Waals surface area contributed by atoms with Crippen LogP contribution in [0.1, 0.15) is 85.5 Å². The molecule has 0 radical (unpaired) electrons. The van der Waals surface area contributed by atoms with Gasteiger partial charge in [-0.3, -0.25) is 14.4 Å². The van der Waals surface area contributed by atoms with E-state index in [1.165, 1.54) is 19.1 Å². The molecule has 2 bridgehead atoms. The van der Waals surface area contributed by atoms with Gasteiger partial charge in [-0.05, 0) is 55.3 Å². The zero-order chi connectivity index (χ0) is 37.6. The van der Waals surface area contributed by atoms with Crippen molar-refractivity contribution < 1.29 is 58.2 Å². The number of carbonyl (C=O) groups excluding carboxylic acids is 4. The summed E-state index contributed by atoms with van der Waals surface area (Å²) in [6.07, 6.45) is -8.43. The van der Waals surface area contributed by atoms with Gasteiger partial charge in [-0.25, -0.2) is 4.79 Å². The van der Waals surface area contributed by atoms with E-state index in [9.17, 15) is 34.8 Å². The van der Waals surface area contributed by atoms with E-state index in [0.29, 0.717) is 23.7 Å². The normalized spacial score (nSPS) is 35.3. The molecule has 0 heterocycles. The number of hydrogen-bond acceptors (Lipinski definition) is 12. The Morgan fingerprint density at radius 1 is 0.920 bits per heavy atom. The Bertz CT molecular complexity index is 1500. The second-order valence-corrected chi connectivity index (χ2v) is 19.8. The highest BCUT2D eigenvalue weighted by Gasteiger charge is 2.75. The molecule has 0 aromatic heterocycles. The number of ketones is 1. The maximum absolute atomic E-state index is 15.5. The molecule has 2 saturated carbocycles. The van der Waals surface area contributed by atoms with Gasteiger partial charge in [0.1, 0.15) is 23.9 Å². The SMILES string of the molecule is CC[Si](CC)(CC)O[C@H]1C[C@H](O)[C@@](O)(COC(C)=O)[C@H]2[C@H](OC(=O)c3ccccc3)[C@]3(O)C[C@H](O)C(C)=C([C@@H](OC(C)=O)C(=O)[C@]12C)C3(C)C. The van der Waals surface area contributed by atoms with E-state index in [2.05, 4.69) is 0 Å². The van der Waals surface area contributed by atoms with Gasteiger partial charge in [-0.2, -0.15) is 0 Å². The van der Waals surface area contributed by atoms with Crippen LogP contribution in [0.5, 0.6) is 0 Å². The molecular weight excluding hydrogens is 664 g/mol. The van der Waals surface area contributed by atoms with Gasteiger partial charge in [0.2, 0.25) is 0 Å². The number of benzene rings is 1. The number of Topliss-reactive ketones (excluding diaryl/α,β-unsaturated/α-hetero) is 1. The van der Waals surface area contributed by atoms with Crippen LogP contribution in [0, 0.1) is 16.7 Å². The van der Waals surface area contributed by atoms with Gasteiger partial charge >= 0.3 is 17.9 Å². The van der Waals surface area contributed by atoms with Crippen LogP contribution >= 0.6 is 0 Å². The molecule has 278 valence electrons. The van der Waals surface area contributed by atoms with Crippen LogP contribution in [0.15, 0.2) is 41.5 Å². The van der Waals surface area contributed by atoms with Crippen LogP contribution in [0.25, 0.3) is 0 Å². The van der Waals surface area contributed by atoms with Crippen molar-refractivity contribution in [1.82, 2.24) is 0 Å². The maximum Gasteiger partial charge on any atom is 0.338 e. The quantitative estimate of drug-likeness (QED) is 0.119. The minimum absolute atomic E-state index is 0.104. The molecule has 4 rings (SSSR count). The summed E-state index contributed by atoms with van der Waals surface area (Å²) in [7, 11) is -2.62. The van der Waals surface area contributed by atoms with Crippen molar-refractivity contribution in [3.8, 4) is 0 Å². The smallest absolute Gasteiger partial charge is 0.338 e. The monoisotopic (exact) mass is 718 g/mol. The van der Waals surface area contributed by atoms with Gasteiger partial charge in [0.25, 0.3) is 0 Å². The molecule has 13 heteroatoms. The molecule has 2 fully saturated rings. The molecule has 0 aliphatic heterocycles. The van der Waals surface area contributed by atoms with Gasteiger partial charge in [0.15, 0.2) is 20.2 Å². The molecule has 0 saturated heterocycles. The van der Waals surface area contributed by atoms with Gasteiger partial charge in [-0.15, -0.1) is 0 Å². The first-order valence-corrected chi connectivity index (χ1v) is 20.0. The fraction of sp³-hybridized carbons (Fsp3) is 0.676. The molecule has 0 unspecified atom stereocenters. The largest absolute Gasteiger partial charge is 0.463 e. The van der Waals surface area contributed by atoms with Crippen molar-refractivity contribution in [2.24, 2.45) is 16.7 Å². The Balaban J connectivity index is 2.17. The van der Waals surface area contributed by atoms with Crippen molar-refractivity contribution in [3.05, 3.63) is 47.0 Å². The van der Waals surface area contributed by atoms with E-state index in [1.54, 1.807) is 39.0 Å². The first-order valence-electron chi connectivity index (χ1n) is 17.5. The van der Waals surface area contributed by atoms with Crippen LogP contribution in [0.3, 0.4) is 0 Å². The third-order valence-corrected chi connectivity index (χ3v) is 16.9. The van der Waals surface area contributed by atoms with E-state index < -0.39 is 104 Å². The lowest BCUT2D eigenvalue weighted by molar-refractivity contribution is -0.284. The summed E-state index contributed by atoms with van der Waals surface area (Å²) in [5, 5.41) is 49.4. The second-order valence-electron chi connectivity index (χ2n) is 15.0. The summed E-state index contributed by atoms with van der Waals surface area (Å²) in [5.74, 6) is -4.96. The number of carbonyl (C=O) groups is 4. The first-order chi connectivity index (χ1) is 23.2. The van der Waals surface area contributed by atoms with Crippen LogP contribution in [0.4, 0.5) is 0 Å². The van der Waals surface area contributed by atoms with E-state index in [4.69, 9.17) is 18.6 Å². The van der Waals surface area contributed by atoms with Crippen LogP contribution in [-0.2, 0) is 33.0 Å². The number of rotatable bonds is 10. The summed E-state index contributed by atoms with van der Waals surface area (Å²) < 4.78 is 24.5. The predicted molar refractivity (Wildman–Crippen MR) is 184 cm³/mol. The van der Waals surface area contributed by atoms with E-state index in [0.717, 1.165) is 13.8 Å². The van der Waals surface area contributed by atoms with Crippen molar-refractivity contribution in [2.75, 3.05) is 6.61 Å². The number of esters is 3. The summed E-state index contributed by atoms with van der Waals surface area (Å²) in [4.78, 5) is 54.6. The van der Waals surface area contributed by atoms with E-state index >= 15 is 4.79 Å². The highest BCUT2D eigenvalue weighted by Crippen LogP contribution is 2.62. The molecule has 3 aliphatic rings.